The number of para-hydroxylation sites is 1. The minimum atomic E-state index is -0.640. The van der Waals surface area contributed by atoms with Crippen LogP contribution in [0.2, 0.25) is 0 Å². The molecule has 190 valence electrons. The molecule has 3 aromatic rings. The van der Waals surface area contributed by atoms with Crippen LogP contribution in [0.4, 0.5) is 10.6 Å². The minimum absolute atomic E-state index is 0.391. The molecule has 0 bridgehead atoms. The number of aliphatic hydroxyl groups excluding tert-OH is 1. The van der Waals surface area contributed by atoms with E-state index in [1.807, 2.05) is 55.5 Å². The molecule has 0 radical (unpaired) electrons. The van der Waals surface area contributed by atoms with Gasteiger partial charge in [0.25, 0.3) is 0 Å². The van der Waals surface area contributed by atoms with Gasteiger partial charge in [0.15, 0.2) is 0 Å². The monoisotopic (exact) mass is 489 g/mol. The summed E-state index contributed by atoms with van der Waals surface area (Å²) in [5, 5.41) is 21.4. The number of aliphatic hydroxyl groups is 1. The Kier molecular flexibility index (Phi) is 7.25. The van der Waals surface area contributed by atoms with E-state index in [0.717, 1.165) is 54.7 Å². The lowest BCUT2D eigenvalue weighted by atomic mass is 9.86. The van der Waals surface area contributed by atoms with E-state index in [-0.39, 0.29) is 0 Å². The van der Waals surface area contributed by atoms with E-state index in [2.05, 4.69) is 28.6 Å². The molecular formula is C28H35N5O3. The van der Waals surface area contributed by atoms with Crippen LogP contribution >= 0.6 is 0 Å². The number of nitrogens with zero attached hydrogens (tertiary/aromatic N) is 3. The largest absolute Gasteiger partial charge is 0.476 e. The van der Waals surface area contributed by atoms with Crippen LogP contribution in [0.1, 0.15) is 42.0 Å². The highest BCUT2D eigenvalue weighted by molar-refractivity contribution is 5.90. The standard InChI is InChI=1S/C28H35N5O3/c1-19-26(30-28(35)29-25-23-11-7-6-8-21(23)12-13-24(25)34)33(22-9-4-3-5-10-22)31-27(19)36-18-20-14-16-32(2)17-15-20/h3-11,20,24-25,34H,12-18H2,1-2H3,(H2,29,30,35). The van der Waals surface area contributed by atoms with E-state index in [0.29, 0.717) is 30.6 Å². The molecular weight excluding hydrogens is 454 g/mol. The number of rotatable bonds is 6. The highest BCUT2D eigenvalue weighted by Crippen LogP contribution is 2.32. The van der Waals surface area contributed by atoms with Crippen molar-refractivity contribution in [2.75, 3.05) is 32.1 Å². The average molecular weight is 490 g/mol. The van der Waals surface area contributed by atoms with Crippen molar-refractivity contribution in [2.24, 2.45) is 5.92 Å². The number of likely N-dealkylation sites (tertiary alicyclic amines) is 1. The molecule has 2 amide bonds. The van der Waals surface area contributed by atoms with Crippen LogP contribution in [-0.4, -0.2) is 58.7 Å². The first-order valence-corrected chi connectivity index (χ1v) is 12.8. The summed E-state index contributed by atoms with van der Waals surface area (Å²) in [7, 11) is 2.15. The number of ether oxygens (including phenoxy) is 1. The van der Waals surface area contributed by atoms with Gasteiger partial charge >= 0.3 is 6.03 Å². The number of hydrogen-bond donors (Lipinski definition) is 3. The van der Waals surface area contributed by atoms with Gasteiger partial charge in [-0.15, -0.1) is 5.10 Å². The molecule has 8 heteroatoms. The second-order valence-corrected chi connectivity index (χ2v) is 9.96. The molecule has 0 spiro atoms. The van der Waals surface area contributed by atoms with Gasteiger partial charge in [0, 0.05) is 0 Å². The highest BCUT2D eigenvalue weighted by Gasteiger charge is 2.30. The predicted molar refractivity (Wildman–Crippen MR) is 140 cm³/mol. The molecule has 2 heterocycles. The normalized spacial score (nSPS) is 20.5. The van der Waals surface area contributed by atoms with Crippen LogP contribution in [0.15, 0.2) is 54.6 Å². The van der Waals surface area contributed by atoms with Gasteiger partial charge in [-0.25, -0.2) is 9.48 Å². The minimum Gasteiger partial charge on any atom is -0.476 e. The van der Waals surface area contributed by atoms with Gasteiger partial charge in [-0.2, -0.15) is 0 Å². The van der Waals surface area contributed by atoms with Gasteiger partial charge in [-0.1, -0.05) is 42.5 Å². The first kappa shape index (κ1) is 24.3. The van der Waals surface area contributed by atoms with E-state index < -0.39 is 18.2 Å². The summed E-state index contributed by atoms with van der Waals surface area (Å²) >= 11 is 0. The van der Waals surface area contributed by atoms with Crippen molar-refractivity contribution in [3.63, 3.8) is 0 Å². The Morgan fingerprint density at radius 3 is 2.58 bits per heavy atom. The maximum atomic E-state index is 13.2. The lowest BCUT2D eigenvalue weighted by Crippen LogP contribution is -2.41. The smallest absolute Gasteiger partial charge is 0.320 e. The Labute approximate surface area is 212 Å². The number of aromatic nitrogens is 2. The van der Waals surface area contributed by atoms with E-state index in [9.17, 15) is 9.90 Å². The maximum absolute atomic E-state index is 13.2. The van der Waals surface area contributed by atoms with Gasteiger partial charge in [-0.3, -0.25) is 5.32 Å². The average Bonchev–Trinajstić information content (AvgIpc) is 3.20. The van der Waals surface area contributed by atoms with E-state index >= 15 is 0 Å². The SMILES string of the molecule is Cc1c(OCC2CCN(C)CC2)nn(-c2ccccc2)c1NC(=O)NC1c2ccccc2CCC1O. The van der Waals surface area contributed by atoms with Crippen LogP contribution in [0, 0.1) is 12.8 Å². The Hall–Kier alpha value is -3.36. The fourth-order valence-electron chi connectivity index (χ4n) is 5.14. The van der Waals surface area contributed by atoms with Gasteiger partial charge in [-0.05, 0) is 81.9 Å². The van der Waals surface area contributed by atoms with E-state index in [1.54, 1.807) is 4.68 Å². The first-order chi connectivity index (χ1) is 17.5. The fraction of sp³-hybridized carbons (Fsp3) is 0.429. The number of nitrogens with one attached hydrogen (secondary N) is 2. The number of piperidine rings is 1. The van der Waals surface area contributed by atoms with Gasteiger partial charge in [0.1, 0.15) is 5.82 Å². The summed E-state index contributed by atoms with van der Waals surface area (Å²) in [5.74, 6) is 1.57. The quantitative estimate of drug-likeness (QED) is 0.486. The van der Waals surface area contributed by atoms with E-state index in [1.165, 1.54) is 0 Å². The number of amides is 2. The summed E-state index contributed by atoms with van der Waals surface area (Å²) in [6.07, 6.45) is 2.98. The molecule has 0 saturated carbocycles. The molecule has 2 atom stereocenters. The van der Waals surface area contributed by atoms with Crippen molar-refractivity contribution in [3.05, 3.63) is 71.3 Å². The molecule has 2 aliphatic rings. The number of fused-ring (bicyclic) bond motifs is 1. The first-order valence-electron chi connectivity index (χ1n) is 12.8. The van der Waals surface area contributed by atoms with E-state index in [4.69, 9.17) is 9.84 Å². The lowest BCUT2D eigenvalue weighted by Gasteiger charge is -2.31. The Morgan fingerprint density at radius 2 is 1.81 bits per heavy atom. The molecule has 2 aromatic carbocycles. The molecule has 1 saturated heterocycles. The molecule has 1 aliphatic carbocycles. The molecule has 3 N–H and O–H groups in total. The summed E-state index contributed by atoms with van der Waals surface area (Å²) < 4.78 is 7.90. The van der Waals surface area contributed by atoms with Crippen molar-refractivity contribution in [3.8, 4) is 11.6 Å². The Balaban J connectivity index is 1.35. The summed E-state index contributed by atoms with van der Waals surface area (Å²) in [6.45, 7) is 4.68. The van der Waals surface area contributed by atoms with Gasteiger partial charge in [0.05, 0.1) is 30.0 Å². The maximum Gasteiger partial charge on any atom is 0.320 e. The molecule has 8 nitrogen and oxygen atoms in total. The molecule has 1 aliphatic heterocycles. The number of urea groups is 1. The number of carbonyl (C=O) groups excluding carboxylic acids is 1. The molecule has 1 aromatic heterocycles. The lowest BCUT2D eigenvalue weighted by molar-refractivity contribution is 0.114. The van der Waals surface area contributed by atoms with Crippen molar-refractivity contribution in [2.45, 2.75) is 44.8 Å². The second kappa shape index (κ2) is 10.7. The number of benzene rings is 2. The Bertz CT molecular complexity index is 1190. The van der Waals surface area contributed by atoms with Crippen molar-refractivity contribution in [1.82, 2.24) is 20.0 Å². The van der Waals surface area contributed by atoms with Crippen LogP contribution in [-0.2, 0) is 6.42 Å². The van der Waals surface area contributed by atoms with Gasteiger partial charge < -0.3 is 20.1 Å². The zero-order valence-corrected chi connectivity index (χ0v) is 21.0. The molecule has 5 rings (SSSR count). The second-order valence-electron chi connectivity index (χ2n) is 9.96. The number of aryl methyl sites for hydroxylation is 1. The van der Waals surface area contributed by atoms with Crippen molar-refractivity contribution >= 4 is 11.8 Å². The highest BCUT2D eigenvalue weighted by atomic mass is 16.5. The summed E-state index contributed by atoms with van der Waals surface area (Å²) in [5.41, 5.74) is 3.71. The predicted octanol–water partition coefficient (Wildman–Crippen LogP) is 4.07. The third kappa shape index (κ3) is 5.24. The number of hydrogen-bond acceptors (Lipinski definition) is 5. The number of carbonyl (C=O) groups is 1. The van der Waals surface area contributed by atoms with Crippen molar-refractivity contribution in [1.29, 1.82) is 0 Å². The molecule has 36 heavy (non-hydrogen) atoms. The van der Waals surface area contributed by atoms with Crippen molar-refractivity contribution < 1.29 is 14.6 Å². The topological polar surface area (TPSA) is 91.7 Å². The Morgan fingerprint density at radius 1 is 1.08 bits per heavy atom. The van der Waals surface area contributed by atoms with Crippen LogP contribution in [0.5, 0.6) is 5.88 Å². The van der Waals surface area contributed by atoms with Crippen LogP contribution in [0.3, 0.4) is 0 Å². The fourth-order valence-corrected chi connectivity index (χ4v) is 5.14. The molecule has 2 unspecified atom stereocenters. The zero-order valence-electron chi connectivity index (χ0n) is 21.0. The third-order valence-electron chi connectivity index (χ3n) is 7.38. The van der Waals surface area contributed by atoms with Crippen LogP contribution in [0.25, 0.3) is 5.69 Å². The van der Waals surface area contributed by atoms with Crippen LogP contribution < -0.4 is 15.4 Å². The number of anilines is 1. The molecule has 1 fully saturated rings. The summed E-state index contributed by atoms with van der Waals surface area (Å²) in [4.78, 5) is 15.5. The summed E-state index contributed by atoms with van der Waals surface area (Å²) in [6, 6.07) is 16.8. The van der Waals surface area contributed by atoms with Gasteiger partial charge in [0.2, 0.25) is 5.88 Å². The zero-order chi connectivity index (χ0) is 25.1. The third-order valence-corrected chi connectivity index (χ3v) is 7.38.